The average molecular weight is 427 g/mol. The van der Waals surface area contributed by atoms with Crippen LogP contribution in [0.25, 0.3) is 10.4 Å². The van der Waals surface area contributed by atoms with Crippen LogP contribution in [0.5, 0.6) is 5.06 Å². The number of anilines is 1. The van der Waals surface area contributed by atoms with E-state index in [1.54, 1.807) is 17.0 Å². The zero-order valence-electron chi connectivity index (χ0n) is 17.4. The molecule has 1 aromatic heterocycles. The van der Waals surface area contributed by atoms with Gasteiger partial charge in [-0.15, -0.1) is 0 Å². The summed E-state index contributed by atoms with van der Waals surface area (Å²) in [6.07, 6.45) is 2.35. The van der Waals surface area contributed by atoms with Crippen LogP contribution in [0, 0.1) is 23.2 Å². The van der Waals surface area contributed by atoms with Crippen LogP contribution in [0.4, 0.5) is 10.5 Å². The van der Waals surface area contributed by atoms with Gasteiger partial charge < -0.3 is 14.7 Å². The van der Waals surface area contributed by atoms with Crippen molar-refractivity contribution in [2.75, 3.05) is 4.90 Å². The molecule has 0 unspecified atom stereocenters. The fourth-order valence-electron chi connectivity index (χ4n) is 3.89. The van der Waals surface area contributed by atoms with Crippen molar-refractivity contribution < 1.29 is 19.4 Å². The molecule has 0 radical (unpaired) electrons. The molecule has 0 spiro atoms. The third-order valence-electron chi connectivity index (χ3n) is 5.54. The SMILES string of the molecule is CC1CCC(C(=O)N(c2cc(-c3ccc(C#N)cc3)sc2OC(=O)O)C(C)C)CC1. The summed E-state index contributed by atoms with van der Waals surface area (Å²) in [4.78, 5) is 27.2. The highest BCUT2D eigenvalue weighted by Crippen LogP contribution is 2.45. The molecular formula is C23H26N2O4S. The minimum atomic E-state index is -1.41. The third kappa shape index (κ3) is 4.82. The first kappa shape index (κ1) is 21.8. The van der Waals surface area contributed by atoms with Gasteiger partial charge in [0.15, 0.2) is 0 Å². The van der Waals surface area contributed by atoms with Crippen LogP contribution >= 0.6 is 11.3 Å². The number of carbonyl (C=O) groups excluding carboxylic acids is 1. The Labute approximate surface area is 180 Å². The van der Waals surface area contributed by atoms with Crippen molar-refractivity contribution in [1.82, 2.24) is 0 Å². The Kier molecular flexibility index (Phi) is 6.78. The van der Waals surface area contributed by atoms with E-state index in [0.29, 0.717) is 17.2 Å². The number of carboxylic acid groups (broad SMARTS) is 1. The molecule has 1 aliphatic carbocycles. The zero-order chi connectivity index (χ0) is 21.8. The molecule has 1 amide bonds. The van der Waals surface area contributed by atoms with E-state index in [0.717, 1.165) is 36.1 Å². The van der Waals surface area contributed by atoms with Crippen molar-refractivity contribution in [2.24, 2.45) is 11.8 Å². The van der Waals surface area contributed by atoms with Gasteiger partial charge >= 0.3 is 6.16 Å². The first-order chi connectivity index (χ1) is 14.3. The number of carbonyl (C=O) groups is 2. The molecule has 1 aliphatic rings. The molecular weight excluding hydrogens is 400 g/mol. The lowest BCUT2D eigenvalue weighted by Gasteiger charge is -2.33. The van der Waals surface area contributed by atoms with Gasteiger partial charge in [-0.2, -0.15) is 5.26 Å². The zero-order valence-corrected chi connectivity index (χ0v) is 18.2. The Morgan fingerprint density at radius 2 is 1.83 bits per heavy atom. The van der Waals surface area contributed by atoms with Gasteiger partial charge in [0.1, 0.15) is 0 Å². The van der Waals surface area contributed by atoms with Gasteiger partial charge in [0.2, 0.25) is 11.0 Å². The van der Waals surface area contributed by atoms with Crippen LogP contribution in [0.3, 0.4) is 0 Å². The smallest absolute Gasteiger partial charge is 0.449 e. The standard InChI is InChI=1S/C23H26N2O4S/c1-14(2)25(21(26)18-8-4-15(3)5-9-18)19-12-20(30-22(19)29-23(27)28)17-10-6-16(13-24)7-11-17/h6-7,10-12,14-15,18H,4-5,8-9H2,1-3H3,(H,27,28). The van der Waals surface area contributed by atoms with Gasteiger partial charge in [0.25, 0.3) is 0 Å². The van der Waals surface area contributed by atoms with Crippen molar-refractivity contribution in [3.05, 3.63) is 35.9 Å². The van der Waals surface area contributed by atoms with Gasteiger partial charge in [0.05, 0.1) is 17.3 Å². The first-order valence-corrected chi connectivity index (χ1v) is 11.0. The van der Waals surface area contributed by atoms with Crippen LogP contribution < -0.4 is 9.64 Å². The van der Waals surface area contributed by atoms with Crippen molar-refractivity contribution in [3.63, 3.8) is 0 Å². The monoisotopic (exact) mass is 426 g/mol. The molecule has 1 saturated carbocycles. The quantitative estimate of drug-likeness (QED) is 0.600. The van der Waals surface area contributed by atoms with Gasteiger partial charge in [-0.25, -0.2) is 4.79 Å². The third-order valence-corrected chi connectivity index (χ3v) is 6.59. The molecule has 158 valence electrons. The maximum Gasteiger partial charge on any atom is 0.512 e. The number of hydrogen-bond donors (Lipinski definition) is 1. The van der Waals surface area contributed by atoms with Gasteiger partial charge in [-0.3, -0.25) is 4.79 Å². The lowest BCUT2D eigenvalue weighted by atomic mass is 9.82. The Hall–Kier alpha value is -2.85. The van der Waals surface area contributed by atoms with Crippen molar-refractivity contribution in [2.45, 2.75) is 52.5 Å². The molecule has 3 rings (SSSR count). The highest BCUT2D eigenvalue weighted by Gasteiger charge is 2.33. The topological polar surface area (TPSA) is 90.6 Å². The summed E-state index contributed by atoms with van der Waals surface area (Å²) in [5, 5.41) is 18.4. The fourth-order valence-corrected chi connectivity index (χ4v) is 4.89. The maximum atomic E-state index is 13.4. The second-order valence-corrected chi connectivity index (χ2v) is 9.11. The van der Waals surface area contributed by atoms with E-state index >= 15 is 0 Å². The summed E-state index contributed by atoms with van der Waals surface area (Å²) in [6, 6.07) is 10.8. The highest BCUT2D eigenvalue weighted by molar-refractivity contribution is 7.18. The largest absolute Gasteiger partial charge is 0.512 e. The highest BCUT2D eigenvalue weighted by atomic mass is 32.1. The number of nitriles is 1. The molecule has 30 heavy (non-hydrogen) atoms. The summed E-state index contributed by atoms with van der Waals surface area (Å²) in [7, 11) is 0. The van der Waals surface area contributed by atoms with E-state index in [2.05, 4.69) is 13.0 Å². The molecule has 1 fully saturated rings. The van der Waals surface area contributed by atoms with E-state index in [1.807, 2.05) is 32.0 Å². The minimum Gasteiger partial charge on any atom is -0.449 e. The molecule has 6 nitrogen and oxygen atoms in total. The fraction of sp³-hybridized carbons (Fsp3) is 0.435. The minimum absolute atomic E-state index is 0.0244. The number of rotatable bonds is 5. The van der Waals surface area contributed by atoms with Gasteiger partial charge in [-0.1, -0.05) is 30.4 Å². The Morgan fingerprint density at radius 1 is 1.20 bits per heavy atom. The average Bonchev–Trinajstić information content (AvgIpc) is 3.11. The Bertz CT molecular complexity index is 951. The summed E-state index contributed by atoms with van der Waals surface area (Å²) in [5.74, 6) is 0.604. The maximum absolute atomic E-state index is 13.4. The summed E-state index contributed by atoms with van der Waals surface area (Å²) in [5.41, 5.74) is 1.87. The predicted octanol–water partition coefficient (Wildman–Crippen LogP) is 5.91. The van der Waals surface area contributed by atoms with Crippen molar-refractivity contribution >= 4 is 29.1 Å². The van der Waals surface area contributed by atoms with Crippen molar-refractivity contribution in [3.8, 4) is 21.6 Å². The molecule has 0 aliphatic heterocycles. The van der Waals surface area contributed by atoms with Crippen LogP contribution in [0.1, 0.15) is 52.0 Å². The Morgan fingerprint density at radius 3 is 2.37 bits per heavy atom. The number of nitrogens with zero attached hydrogens (tertiary/aromatic N) is 2. The lowest BCUT2D eigenvalue weighted by Crippen LogP contribution is -2.42. The van der Waals surface area contributed by atoms with Crippen LogP contribution in [0.2, 0.25) is 0 Å². The van der Waals surface area contributed by atoms with Crippen LogP contribution in [-0.4, -0.2) is 23.2 Å². The molecule has 2 aromatic rings. The van der Waals surface area contributed by atoms with E-state index in [9.17, 15) is 14.7 Å². The lowest BCUT2D eigenvalue weighted by molar-refractivity contribution is -0.123. The first-order valence-electron chi connectivity index (χ1n) is 10.2. The second kappa shape index (κ2) is 9.31. The number of hydrogen-bond acceptors (Lipinski definition) is 5. The van der Waals surface area contributed by atoms with Gasteiger partial charge in [0, 0.05) is 16.8 Å². The van der Waals surface area contributed by atoms with E-state index in [1.165, 1.54) is 11.3 Å². The molecule has 0 bridgehead atoms. The predicted molar refractivity (Wildman–Crippen MR) is 117 cm³/mol. The molecule has 1 aromatic carbocycles. The summed E-state index contributed by atoms with van der Waals surface area (Å²) < 4.78 is 5.07. The van der Waals surface area contributed by atoms with Gasteiger partial charge in [-0.05, 0) is 69.2 Å². The summed E-state index contributed by atoms with van der Waals surface area (Å²) in [6.45, 7) is 6.06. The molecule has 1 N–H and O–H groups in total. The number of benzene rings is 1. The van der Waals surface area contributed by atoms with Crippen LogP contribution in [-0.2, 0) is 4.79 Å². The molecule has 7 heteroatoms. The number of amides is 1. The number of ether oxygens (including phenoxy) is 1. The van der Waals surface area contributed by atoms with Crippen molar-refractivity contribution in [1.29, 1.82) is 5.26 Å². The van der Waals surface area contributed by atoms with Crippen LogP contribution in [0.15, 0.2) is 30.3 Å². The Balaban J connectivity index is 1.99. The molecule has 0 atom stereocenters. The summed E-state index contributed by atoms with van der Waals surface area (Å²) >= 11 is 1.18. The number of thiophene rings is 1. The molecule has 1 heterocycles. The van der Waals surface area contributed by atoms with E-state index < -0.39 is 6.16 Å². The second-order valence-electron chi connectivity index (χ2n) is 8.10. The van der Waals surface area contributed by atoms with E-state index in [-0.39, 0.29) is 22.9 Å². The molecule has 0 saturated heterocycles. The normalized spacial score (nSPS) is 18.6. The van der Waals surface area contributed by atoms with E-state index in [4.69, 9.17) is 10.00 Å².